The highest BCUT2D eigenvalue weighted by molar-refractivity contribution is 8.00. The Balaban J connectivity index is 1.82. The zero-order chi connectivity index (χ0) is 18.0. The summed E-state index contributed by atoms with van der Waals surface area (Å²) in [4.78, 5) is 12.6. The number of rotatable bonds is 5. The first-order chi connectivity index (χ1) is 12.0. The fourth-order valence-corrected chi connectivity index (χ4v) is 4.07. The number of aryl methyl sites for hydroxylation is 2. The molecular formula is C18H20N4OS2. The molecule has 0 saturated carbocycles. The number of nitrogens with one attached hydrogen (secondary N) is 1. The van der Waals surface area contributed by atoms with Gasteiger partial charge in [-0.15, -0.1) is 10.2 Å². The number of carbonyl (C=O) groups excluding carboxylic acids is 1. The standard InChI is InChI=1S/C18H20N4OS2/c1-11-7-5-6-8-15(11)22-12(2)9-14(13(22)3)17(23)19-10-16-20-21-18(24-4)25-16/h5-9H,10H2,1-4H3,(H,19,23). The monoisotopic (exact) mass is 372 g/mol. The van der Waals surface area contributed by atoms with Gasteiger partial charge in [-0.05, 0) is 44.7 Å². The maximum absolute atomic E-state index is 12.6. The first-order valence-electron chi connectivity index (χ1n) is 7.90. The molecule has 130 valence electrons. The maximum atomic E-state index is 12.6. The Hall–Kier alpha value is -2.12. The average Bonchev–Trinajstić information content (AvgIpc) is 3.18. The highest BCUT2D eigenvalue weighted by Crippen LogP contribution is 2.23. The highest BCUT2D eigenvalue weighted by atomic mass is 32.2. The Morgan fingerprint density at radius 2 is 2.00 bits per heavy atom. The third-order valence-electron chi connectivity index (χ3n) is 4.06. The van der Waals surface area contributed by atoms with Crippen LogP contribution in [0.25, 0.3) is 5.69 Å². The minimum atomic E-state index is -0.0890. The predicted molar refractivity (Wildman–Crippen MR) is 103 cm³/mol. The van der Waals surface area contributed by atoms with Crippen LogP contribution in [0.5, 0.6) is 0 Å². The van der Waals surface area contributed by atoms with Gasteiger partial charge < -0.3 is 9.88 Å². The van der Waals surface area contributed by atoms with E-state index in [1.165, 1.54) is 16.9 Å². The van der Waals surface area contributed by atoms with Gasteiger partial charge >= 0.3 is 0 Å². The zero-order valence-electron chi connectivity index (χ0n) is 14.7. The lowest BCUT2D eigenvalue weighted by atomic mass is 10.2. The molecule has 0 unspecified atom stereocenters. The lowest BCUT2D eigenvalue weighted by molar-refractivity contribution is 0.0950. The second-order valence-corrected chi connectivity index (χ2v) is 7.87. The summed E-state index contributed by atoms with van der Waals surface area (Å²) in [5.41, 5.74) is 4.94. The molecule has 0 aliphatic carbocycles. The van der Waals surface area contributed by atoms with Gasteiger partial charge in [-0.3, -0.25) is 4.79 Å². The van der Waals surface area contributed by atoms with Crippen molar-refractivity contribution < 1.29 is 4.79 Å². The van der Waals surface area contributed by atoms with E-state index in [1.54, 1.807) is 11.8 Å². The first-order valence-corrected chi connectivity index (χ1v) is 9.95. The number of thioether (sulfide) groups is 1. The maximum Gasteiger partial charge on any atom is 0.253 e. The second kappa shape index (κ2) is 7.41. The van der Waals surface area contributed by atoms with Crippen LogP contribution in [0.4, 0.5) is 0 Å². The van der Waals surface area contributed by atoms with Crippen molar-refractivity contribution in [1.82, 2.24) is 20.1 Å². The van der Waals surface area contributed by atoms with Crippen molar-refractivity contribution in [3.05, 3.63) is 57.9 Å². The van der Waals surface area contributed by atoms with E-state index in [1.807, 2.05) is 38.3 Å². The minimum Gasteiger partial charge on any atom is -0.345 e. The van der Waals surface area contributed by atoms with Gasteiger partial charge in [0.05, 0.1) is 12.1 Å². The summed E-state index contributed by atoms with van der Waals surface area (Å²) in [6, 6.07) is 10.1. The lowest BCUT2D eigenvalue weighted by Gasteiger charge is -2.12. The number of aromatic nitrogens is 3. The Kier molecular flexibility index (Phi) is 5.24. The summed E-state index contributed by atoms with van der Waals surface area (Å²) in [6.07, 6.45) is 1.96. The van der Waals surface area contributed by atoms with E-state index in [2.05, 4.69) is 39.1 Å². The Labute approximate surface area is 155 Å². The second-order valence-electron chi connectivity index (χ2n) is 5.76. The molecule has 2 heterocycles. The van der Waals surface area contributed by atoms with Crippen molar-refractivity contribution in [2.75, 3.05) is 6.26 Å². The molecule has 0 atom stereocenters. The molecule has 0 bridgehead atoms. The number of nitrogens with zero attached hydrogens (tertiary/aromatic N) is 3. The van der Waals surface area contributed by atoms with Crippen LogP contribution in [0.1, 0.15) is 32.3 Å². The number of benzene rings is 1. The van der Waals surface area contributed by atoms with Crippen molar-refractivity contribution in [3.8, 4) is 5.69 Å². The van der Waals surface area contributed by atoms with Gasteiger partial charge in [-0.25, -0.2) is 0 Å². The van der Waals surface area contributed by atoms with E-state index < -0.39 is 0 Å². The van der Waals surface area contributed by atoms with Crippen molar-refractivity contribution >= 4 is 29.0 Å². The minimum absolute atomic E-state index is 0.0890. The van der Waals surface area contributed by atoms with Gasteiger partial charge in [0.25, 0.3) is 5.91 Å². The van der Waals surface area contributed by atoms with Crippen molar-refractivity contribution in [2.24, 2.45) is 0 Å². The molecule has 0 radical (unpaired) electrons. The molecule has 1 amide bonds. The molecule has 25 heavy (non-hydrogen) atoms. The van der Waals surface area contributed by atoms with E-state index in [0.29, 0.717) is 12.1 Å². The van der Waals surface area contributed by atoms with Crippen LogP contribution in [-0.4, -0.2) is 26.9 Å². The molecule has 3 aromatic rings. The topological polar surface area (TPSA) is 59.8 Å². The van der Waals surface area contributed by atoms with E-state index >= 15 is 0 Å². The summed E-state index contributed by atoms with van der Waals surface area (Å²) >= 11 is 3.06. The number of hydrogen-bond donors (Lipinski definition) is 1. The van der Waals surface area contributed by atoms with Crippen LogP contribution in [0.3, 0.4) is 0 Å². The molecule has 5 nitrogen and oxygen atoms in total. The van der Waals surface area contributed by atoms with Crippen LogP contribution in [-0.2, 0) is 6.54 Å². The zero-order valence-corrected chi connectivity index (χ0v) is 16.3. The third kappa shape index (κ3) is 3.62. The largest absolute Gasteiger partial charge is 0.345 e. The molecule has 0 saturated heterocycles. The van der Waals surface area contributed by atoms with Crippen LogP contribution in [0.15, 0.2) is 34.7 Å². The predicted octanol–water partition coefficient (Wildman–Crippen LogP) is 3.91. The summed E-state index contributed by atoms with van der Waals surface area (Å²) in [5.74, 6) is -0.0890. The molecular weight excluding hydrogens is 352 g/mol. The van der Waals surface area contributed by atoms with Gasteiger partial charge in [0.15, 0.2) is 4.34 Å². The molecule has 0 aliphatic heterocycles. The van der Waals surface area contributed by atoms with Gasteiger partial charge in [0, 0.05) is 17.1 Å². The third-order valence-corrected chi connectivity index (χ3v) is 5.95. The summed E-state index contributed by atoms with van der Waals surface area (Å²) in [6.45, 7) is 6.47. The number of hydrogen-bond acceptors (Lipinski definition) is 5. The smallest absolute Gasteiger partial charge is 0.253 e. The Bertz CT molecular complexity index is 914. The molecule has 1 aromatic carbocycles. The van der Waals surface area contributed by atoms with Crippen molar-refractivity contribution in [1.29, 1.82) is 0 Å². The van der Waals surface area contributed by atoms with E-state index in [9.17, 15) is 4.79 Å². The number of carbonyl (C=O) groups is 1. The summed E-state index contributed by atoms with van der Waals surface area (Å²) < 4.78 is 3.03. The number of para-hydroxylation sites is 1. The quantitative estimate of drug-likeness (QED) is 0.690. The van der Waals surface area contributed by atoms with Crippen LogP contribution in [0, 0.1) is 20.8 Å². The molecule has 2 aromatic heterocycles. The first kappa shape index (κ1) is 17.7. The average molecular weight is 373 g/mol. The van der Waals surface area contributed by atoms with Gasteiger partial charge in [-0.1, -0.05) is 41.3 Å². The Morgan fingerprint density at radius 1 is 1.24 bits per heavy atom. The van der Waals surface area contributed by atoms with Gasteiger partial charge in [0.2, 0.25) is 0 Å². The van der Waals surface area contributed by atoms with Crippen LogP contribution >= 0.6 is 23.1 Å². The molecule has 0 spiro atoms. The molecule has 7 heteroatoms. The van der Waals surface area contributed by atoms with E-state index in [4.69, 9.17) is 0 Å². The molecule has 1 N–H and O–H groups in total. The highest BCUT2D eigenvalue weighted by Gasteiger charge is 2.17. The molecule has 0 aliphatic rings. The summed E-state index contributed by atoms with van der Waals surface area (Å²) in [7, 11) is 0. The van der Waals surface area contributed by atoms with E-state index in [-0.39, 0.29) is 5.91 Å². The summed E-state index contributed by atoms with van der Waals surface area (Å²) in [5, 5.41) is 11.9. The fourth-order valence-electron chi connectivity index (χ4n) is 2.82. The molecule has 0 fully saturated rings. The fraction of sp³-hybridized carbons (Fsp3) is 0.278. The number of amides is 1. The van der Waals surface area contributed by atoms with Gasteiger partial charge in [-0.2, -0.15) is 0 Å². The van der Waals surface area contributed by atoms with Crippen molar-refractivity contribution in [3.63, 3.8) is 0 Å². The normalized spacial score (nSPS) is 10.9. The SMILES string of the molecule is CSc1nnc(CNC(=O)c2cc(C)n(-c3ccccc3C)c2C)s1. The van der Waals surface area contributed by atoms with Gasteiger partial charge in [0.1, 0.15) is 5.01 Å². The lowest BCUT2D eigenvalue weighted by Crippen LogP contribution is -2.23. The Morgan fingerprint density at radius 3 is 2.68 bits per heavy atom. The molecule has 3 rings (SSSR count). The van der Waals surface area contributed by atoms with Crippen LogP contribution < -0.4 is 5.32 Å². The van der Waals surface area contributed by atoms with Crippen molar-refractivity contribution in [2.45, 2.75) is 31.7 Å². The van der Waals surface area contributed by atoms with Crippen LogP contribution in [0.2, 0.25) is 0 Å². The van der Waals surface area contributed by atoms with E-state index in [0.717, 1.165) is 26.4 Å².